The van der Waals surface area contributed by atoms with Crippen LogP contribution in [0.5, 0.6) is 0 Å². The molecule has 5 aromatic carbocycles. The standard InChI is InChI=1S/C25H20N2O3S/c26-25(28)21(15-16-5-2-1-3-6-16)27-31(29,30)22-14-12-19-10-9-17-7-4-8-18-11-13-20(22)24(19)23(17)18/h1-14,21,27H,15H2,(H2,26,28)/t21-/m0/s1. The van der Waals surface area contributed by atoms with Crippen LogP contribution in [0.4, 0.5) is 0 Å². The summed E-state index contributed by atoms with van der Waals surface area (Å²) >= 11 is 0. The Labute approximate surface area is 179 Å². The quantitative estimate of drug-likeness (QED) is 0.401. The lowest BCUT2D eigenvalue weighted by atomic mass is 9.94. The topological polar surface area (TPSA) is 89.3 Å². The highest BCUT2D eigenvalue weighted by Gasteiger charge is 2.26. The Morgan fingerprint density at radius 1 is 0.774 bits per heavy atom. The molecule has 0 unspecified atom stereocenters. The second-order valence-corrected chi connectivity index (χ2v) is 9.37. The molecule has 0 fully saturated rings. The van der Waals surface area contributed by atoms with Crippen molar-refractivity contribution in [3.8, 4) is 0 Å². The monoisotopic (exact) mass is 428 g/mol. The molecule has 0 spiro atoms. The van der Waals surface area contributed by atoms with Crippen molar-refractivity contribution in [3.05, 3.63) is 90.5 Å². The van der Waals surface area contributed by atoms with Crippen molar-refractivity contribution >= 4 is 48.2 Å². The molecular weight excluding hydrogens is 408 g/mol. The zero-order chi connectivity index (χ0) is 21.6. The maximum atomic E-state index is 13.4. The van der Waals surface area contributed by atoms with Gasteiger partial charge in [-0.25, -0.2) is 8.42 Å². The molecular formula is C25H20N2O3S. The van der Waals surface area contributed by atoms with Gasteiger partial charge in [0.25, 0.3) is 0 Å². The zero-order valence-corrected chi connectivity index (χ0v) is 17.4. The van der Waals surface area contributed by atoms with Crippen molar-refractivity contribution in [2.24, 2.45) is 5.73 Å². The first-order valence-electron chi connectivity index (χ1n) is 9.96. The third-order valence-corrected chi connectivity index (χ3v) is 7.23. The minimum absolute atomic E-state index is 0.137. The van der Waals surface area contributed by atoms with Crippen LogP contribution in [0, 0.1) is 0 Å². The third kappa shape index (κ3) is 3.40. The Hall–Kier alpha value is -3.48. The SMILES string of the molecule is NC(=O)[C@H](Cc1ccccc1)NS(=O)(=O)c1ccc2ccc3cccc4ccc1c2c34. The molecule has 0 radical (unpaired) electrons. The molecule has 0 heterocycles. The van der Waals surface area contributed by atoms with Crippen molar-refractivity contribution in [1.82, 2.24) is 4.72 Å². The highest BCUT2D eigenvalue weighted by molar-refractivity contribution is 7.89. The first kappa shape index (κ1) is 19.5. The smallest absolute Gasteiger partial charge is 0.241 e. The number of nitrogens with one attached hydrogen (secondary N) is 1. The Balaban J connectivity index is 1.62. The zero-order valence-electron chi connectivity index (χ0n) is 16.6. The van der Waals surface area contributed by atoms with E-state index in [0.717, 1.165) is 32.5 Å². The van der Waals surface area contributed by atoms with Crippen molar-refractivity contribution in [1.29, 1.82) is 0 Å². The molecule has 31 heavy (non-hydrogen) atoms. The van der Waals surface area contributed by atoms with E-state index in [0.29, 0.717) is 5.39 Å². The van der Waals surface area contributed by atoms with Crippen LogP contribution in [-0.2, 0) is 21.2 Å². The van der Waals surface area contributed by atoms with Crippen LogP contribution in [0.15, 0.2) is 89.8 Å². The van der Waals surface area contributed by atoms with Gasteiger partial charge in [-0.05, 0) is 45.0 Å². The normalized spacial score (nSPS) is 13.2. The maximum absolute atomic E-state index is 13.4. The highest BCUT2D eigenvalue weighted by atomic mass is 32.2. The molecule has 0 bridgehead atoms. The van der Waals surface area contributed by atoms with Crippen molar-refractivity contribution in [3.63, 3.8) is 0 Å². The molecule has 3 N–H and O–H groups in total. The fraction of sp³-hybridized carbons (Fsp3) is 0.0800. The minimum atomic E-state index is -4.00. The van der Waals surface area contributed by atoms with Crippen LogP contribution >= 0.6 is 0 Å². The van der Waals surface area contributed by atoms with E-state index in [-0.39, 0.29) is 11.3 Å². The summed E-state index contributed by atoms with van der Waals surface area (Å²) in [6.07, 6.45) is 0.182. The molecule has 154 valence electrons. The van der Waals surface area contributed by atoms with Crippen LogP contribution in [0.25, 0.3) is 32.3 Å². The number of sulfonamides is 1. The van der Waals surface area contributed by atoms with Crippen LogP contribution in [0.1, 0.15) is 5.56 Å². The van der Waals surface area contributed by atoms with E-state index in [2.05, 4.69) is 4.72 Å². The summed E-state index contributed by atoms with van der Waals surface area (Å²) in [6, 6.07) is 25.4. The van der Waals surface area contributed by atoms with Gasteiger partial charge < -0.3 is 5.73 Å². The summed E-state index contributed by atoms with van der Waals surface area (Å²) < 4.78 is 29.3. The van der Waals surface area contributed by atoms with E-state index < -0.39 is 22.0 Å². The number of amides is 1. The van der Waals surface area contributed by atoms with E-state index in [1.165, 1.54) is 0 Å². The number of carbonyl (C=O) groups excluding carboxylic acids is 1. The third-order valence-electron chi connectivity index (χ3n) is 5.70. The fourth-order valence-corrected chi connectivity index (χ4v) is 5.65. The van der Waals surface area contributed by atoms with Gasteiger partial charge in [0.05, 0.1) is 4.90 Å². The Morgan fingerprint density at radius 3 is 2.06 bits per heavy atom. The summed E-state index contributed by atoms with van der Waals surface area (Å²) in [5, 5.41) is 5.63. The average Bonchev–Trinajstić information content (AvgIpc) is 2.77. The lowest BCUT2D eigenvalue weighted by Gasteiger charge is -2.18. The van der Waals surface area contributed by atoms with Gasteiger partial charge >= 0.3 is 0 Å². The molecule has 5 aromatic rings. The Morgan fingerprint density at radius 2 is 1.39 bits per heavy atom. The largest absolute Gasteiger partial charge is 0.368 e. The molecule has 0 saturated heterocycles. The number of nitrogens with two attached hydrogens (primary N) is 1. The molecule has 0 aromatic heterocycles. The molecule has 0 saturated carbocycles. The van der Waals surface area contributed by atoms with E-state index in [1.54, 1.807) is 12.1 Å². The van der Waals surface area contributed by atoms with Crippen LogP contribution in [0.2, 0.25) is 0 Å². The van der Waals surface area contributed by atoms with Crippen LogP contribution in [0.3, 0.4) is 0 Å². The van der Waals surface area contributed by atoms with Gasteiger partial charge in [-0.3, -0.25) is 4.79 Å². The van der Waals surface area contributed by atoms with Gasteiger partial charge in [-0.2, -0.15) is 4.72 Å². The molecule has 0 aliphatic heterocycles. The summed E-state index contributed by atoms with van der Waals surface area (Å²) in [4.78, 5) is 12.2. The molecule has 0 aliphatic carbocycles. The summed E-state index contributed by atoms with van der Waals surface area (Å²) in [5.41, 5.74) is 6.36. The number of hydrogen-bond donors (Lipinski definition) is 2. The second-order valence-electron chi connectivity index (χ2n) is 7.69. The van der Waals surface area contributed by atoms with Gasteiger partial charge in [0.15, 0.2) is 0 Å². The van der Waals surface area contributed by atoms with E-state index in [9.17, 15) is 13.2 Å². The second kappa shape index (κ2) is 7.34. The number of rotatable bonds is 6. The van der Waals surface area contributed by atoms with Crippen molar-refractivity contribution in [2.75, 3.05) is 0 Å². The van der Waals surface area contributed by atoms with E-state index >= 15 is 0 Å². The predicted octanol–water partition coefficient (Wildman–Crippen LogP) is 3.96. The number of carbonyl (C=O) groups is 1. The molecule has 0 aliphatic rings. The highest BCUT2D eigenvalue weighted by Crippen LogP contribution is 2.37. The summed E-state index contributed by atoms with van der Waals surface area (Å²) in [7, 11) is -4.00. The van der Waals surface area contributed by atoms with Crippen molar-refractivity contribution in [2.45, 2.75) is 17.4 Å². The molecule has 5 nitrogen and oxygen atoms in total. The van der Waals surface area contributed by atoms with Gasteiger partial charge in [-0.15, -0.1) is 0 Å². The Kier molecular flexibility index (Phi) is 4.61. The molecule has 5 rings (SSSR count). The first-order valence-corrected chi connectivity index (χ1v) is 11.4. The van der Waals surface area contributed by atoms with Crippen molar-refractivity contribution < 1.29 is 13.2 Å². The first-order chi connectivity index (χ1) is 14.9. The lowest BCUT2D eigenvalue weighted by Crippen LogP contribution is -2.45. The van der Waals surface area contributed by atoms with Gasteiger partial charge in [0.1, 0.15) is 6.04 Å². The van der Waals surface area contributed by atoms with Crippen LogP contribution < -0.4 is 10.5 Å². The maximum Gasteiger partial charge on any atom is 0.241 e. The summed E-state index contributed by atoms with van der Waals surface area (Å²) in [6.45, 7) is 0. The Bertz CT molecular complexity index is 1510. The van der Waals surface area contributed by atoms with E-state index in [1.807, 2.05) is 72.8 Å². The van der Waals surface area contributed by atoms with Gasteiger partial charge in [0.2, 0.25) is 15.9 Å². The molecule has 1 amide bonds. The van der Waals surface area contributed by atoms with Crippen LogP contribution in [-0.4, -0.2) is 20.4 Å². The average molecular weight is 429 g/mol. The number of primary amides is 1. The fourth-order valence-electron chi connectivity index (χ4n) is 4.24. The predicted molar refractivity (Wildman–Crippen MR) is 124 cm³/mol. The number of hydrogen-bond acceptors (Lipinski definition) is 3. The summed E-state index contributed by atoms with van der Waals surface area (Å²) in [5.74, 6) is -0.717. The molecule has 6 heteroatoms. The van der Waals surface area contributed by atoms with Gasteiger partial charge in [0, 0.05) is 5.39 Å². The van der Waals surface area contributed by atoms with E-state index in [4.69, 9.17) is 5.73 Å². The number of benzene rings is 5. The van der Waals surface area contributed by atoms with Gasteiger partial charge in [-0.1, -0.05) is 78.9 Å². The lowest BCUT2D eigenvalue weighted by molar-refractivity contribution is -0.119. The molecule has 1 atom stereocenters. The minimum Gasteiger partial charge on any atom is -0.368 e.